The molecular formula is C18H20FN3O3. The Labute approximate surface area is 145 Å². The summed E-state index contributed by atoms with van der Waals surface area (Å²) in [7, 11) is 0. The van der Waals surface area contributed by atoms with Crippen LogP contribution in [0.25, 0.3) is 0 Å². The lowest BCUT2D eigenvalue weighted by molar-refractivity contribution is -0.132. The zero-order valence-corrected chi connectivity index (χ0v) is 14.2. The molecule has 1 amide bonds. The van der Waals surface area contributed by atoms with Crippen molar-refractivity contribution in [3.8, 4) is 11.8 Å². The van der Waals surface area contributed by atoms with Gasteiger partial charge in [0.25, 0.3) is 5.91 Å². The Balaban J connectivity index is 1.52. The van der Waals surface area contributed by atoms with Crippen LogP contribution in [-0.2, 0) is 4.79 Å². The average molecular weight is 345 g/mol. The normalized spacial score (nSPS) is 16.8. The van der Waals surface area contributed by atoms with E-state index in [1.807, 2.05) is 19.9 Å². The summed E-state index contributed by atoms with van der Waals surface area (Å²) in [5.74, 6) is -0.605. The maximum atomic E-state index is 13.5. The summed E-state index contributed by atoms with van der Waals surface area (Å²) in [6.45, 7) is 4.57. The molecule has 3 rings (SSSR count). The fourth-order valence-electron chi connectivity index (χ4n) is 2.74. The third-order valence-corrected chi connectivity index (χ3v) is 3.92. The van der Waals surface area contributed by atoms with Crippen LogP contribution in [0.2, 0.25) is 0 Å². The van der Waals surface area contributed by atoms with Gasteiger partial charge in [0.2, 0.25) is 0 Å². The SMILES string of the molecule is Cc1cc(C)nc(O[C@H]2CCN(C(=O)COc3ccccc3F)C2)n1. The van der Waals surface area contributed by atoms with E-state index in [9.17, 15) is 9.18 Å². The quantitative estimate of drug-likeness (QED) is 0.832. The van der Waals surface area contributed by atoms with Crippen molar-refractivity contribution in [2.24, 2.45) is 0 Å². The van der Waals surface area contributed by atoms with Gasteiger partial charge in [-0.2, -0.15) is 0 Å². The van der Waals surface area contributed by atoms with Gasteiger partial charge in [0, 0.05) is 24.4 Å². The standard InChI is InChI=1S/C18H20FN3O3/c1-12-9-13(2)21-18(20-12)25-14-7-8-22(10-14)17(23)11-24-16-6-4-3-5-15(16)19/h3-6,9,14H,7-8,10-11H2,1-2H3/t14-/m0/s1. The molecule has 1 aromatic carbocycles. The number of aromatic nitrogens is 2. The summed E-state index contributed by atoms with van der Waals surface area (Å²) >= 11 is 0. The summed E-state index contributed by atoms with van der Waals surface area (Å²) in [5.41, 5.74) is 1.68. The molecule has 25 heavy (non-hydrogen) atoms. The predicted molar refractivity (Wildman–Crippen MR) is 89.0 cm³/mol. The Bertz CT molecular complexity index is 749. The van der Waals surface area contributed by atoms with Gasteiger partial charge in [-0.1, -0.05) is 12.1 Å². The number of carbonyl (C=O) groups is 1. The molecule has 0 unspecified atom stereocenters. The van der Waals surface area contributed by atoms with Gasteiger partial charge >= 0.3 is 6.01 Å². The lowest BCUT2D eigenvalue weighted by Crippen LogP contribution is -2.34. The molecule has 1 atom stereocenters. The smallest absolute Gasteiger partial charge is 0.317 e. The first-order valence-corrected chi connectivity index (χ1v) is 8.15. The van der Waals surface area contributed by atoms with Crippen LogP contribution < -0.4 is 9.47 Å². The minimum absolute atomic E-state index is 0.0754. The lowest BCUT2D eigenvalue weighted by atomic mass is 10.3. The first-order chi connectivity index (χ1) is 12.0. The number of amides is 1. The van der Waals surface area contributed by atoms with Gasteiger partial charge in [-0.15, -0.1) is 0 Å². The highest BCUT2D eigenvalue weighted by molar-refractivity contribution is 5.78. The molecular weight excluding hydrogens is 325 g/mol. The Hall–Kier alpha value is -2.70. The summed E-state index contributed by atoms with van der Waals surface area (Å²) in [5, 5.41) is 0. The van der Waals surface area contributed by atoms with Crippen LogP contribution in [0, 0.1) is 19.7 Å². The number of hydrogen-bond acceptors (Lipinski definition) is 5. The van der Waals surface area contributed by atoms with E-state index in [4.69, 9.17) is 9.47 Å². The minimum atomic E-state index is -0.482. The number of benzene rings is 1. The van der Waals surface area contributed by atoms with Crippen LogP contribution in [0.3, 0.4) is 0 Å². The topological polar surface area (TPSA) is 64.5 Å². The molecule has 0 aliphatic carbocycles. The first kappa shape index (κ1) is 17.1. The van der Waals surface area contributed by atoms with Crippen LogP contribution in [0.4, 0.5) is 4.39 Å². The van der Waals surface area contributed by atoms with Crippen LogP contribution in [-0.4, -0.2) is 46.6 Å². The molecule has 1 fully saturated rings. The predicted octanol–water partition coefficient (Wildman–Crippen LogP) is 2.29. The summed E-state index contributed by atoms with van der Waals surface area (Å²) in [4.78, 5) is 22.4. The molecule has 0 saturated carbocycles. The van der Waals surface area contributed by atoms with Crippen LogP contribution in [0.5, 0.6) is 11.8 Å². The molecule has 1 aromatic heterocycles. The molecule has 6 nitrogen and oxygen atoms in total. The summed E-state index contributed by atoms with van der Waals surface area (Å²) < 4.78 is 24.5. The lowest BCUT2D eigenvalue weighted by Gasteiger charge is -2.17. The van der Waals surface area contributed by atoms with E-state index in [0.29, 0.717) is 25.5 Å². The highest BCUT2D eigenvalue weighted by Crippen LogP contribution is 2.18. The number of likely N-dealkylation sites (tertiary alicyclic amines) is 1. The van der Waals surface area contributed by atoms with Crippen LogP contribution >= 0.6 is 0 Å². The number of nitrogens with zero attached hydrogens (tertiary/aromatic N) is 3. The Morgan fingerprint density at radius 3 is 2.72 bits per heavy atom. The van der Waals surface area contributed by atoms with Gasteiger partial charge < -0.3 is 14.4 Å². The van der Waals surface area contributed by atoms with Gasteiger partial charge in [-0.25, -0.2) is 14.4 Å². The molecule has 0 spiro atoms. The number of ether oxygens (including phenoxy) is 2. The molecule has 0 radical (unpaired) electrons. The fraction of sp³-hybridized carbons (Fsp3) is 0.389. The second-order valence-electron chi connectivity index (χ2n) is 6.02. The number of carbonyl (C=O) groups excluding carboxylic acids is 1. The van der Waals surface area contributed by atoms with E-state index < -0.39 is 5.82 Å². The van der Waals surface area contributed by atoms with E-state index in [1.165, 1.54) is 12.1 Å². The van der Waals surface area contributed by atoms with Crippen molar-refractivity contribution in [2.45, 2.75) is 26.4 Å². The van der Waals surface area contributed by atoms with Crippen molar-refractivity contribution in [2.75, 3.05) is 19.7 Å². The van der Waals surface area contributed by atoms with Crippen molar-refractivity contribution in [1.29, 1.82) is 0 Å². The average Bonchev–Trinajstić information content (AvgIpc) is 3.01. The van der Waals surface area contributed by atoms with Crippen LogP contribution in [0.1, 0.15) is 17.8 Å². The largest absolute Gasteiger partial charge is 0.481 e. The Morgan fingerprint density at radius 1 is 1.28 bits per heavy atom. The molecule has 1 aliphatic heterocycles. The van der Waals surface area contributed by atoms with E-state index >= 15 is 0 Å². The van der Waals surface area contributed by atoms with Crippen molar-refractivity contribution in [3.05, 3.63) is 47.5 Å². The first-order valence-electron chi connectivity index (χ1n) is 8.15. The van der Waals surface area contributed by atoms with E-state index in [0.717, 1.165) is 11.4 Å². The molecule has 7 heteroatoms. The van der Waals surface area contributed by atoms with Crippen molar-refractivity contribution >= 4 is 5.91 Å². The maximum Gasteiger partial charge on any atom is 0.317 e. The van der Waals surface area contributed by atoms with Crippen LogP contribution in [0.15, 0.2) is 30.3 Å². The molecule has 2 heterocycles. The van der Waals surface area contributed by atoms with Gasteiger partial charge in [0.1, 0.15) is 6.10 Å². The molecule has 0 bridgehead atoms. The van der Waals surface area contributed by atoms with Crippen molar-refractivity contribution in [1.82, 2.24) is 14.9 Å². The molecule has 0 N–H and O–H groups in total. The zero-order chi connectivity index (χ0) is 17.8. The van der Waals surface area contributed by atoms with Gasteiger partial charge in [0.15, 0.2) is 18.2 Å². The Morgan fingerprint density at radius 2 is 2.00 bits per heavy atom. The molecule has 2 aromatic rings. The minimum Gasteiger partial charge on any atom is -0.481 e. The third-order valence-electron chi connectivity index (χ3n) is 3.92. The van der Waals surface area contributed by atoms with E-state index in [1.54, 1.807) is 17.0 Å². The monoisotopic (exact) mass is 345 g/mol. The number of rotatable bonds is 5. The maximum absolute atomic E-state index is 13.5. The second kappa shape index (κ2) is 7.46. The van der Waals surface area contributed by atoms with Crippen molar-refractivity contribution in [3.63, 3.8) is 0 Å². The Kier molecular flexibility index (Phi) is 5.11. The van der Waals surface area contributed by atoms with Gasteiger partial charge in [-0.05, 0) is 32.0 Å². The van der Waals surface area contributed by atoms with Gasteiger partial charge in [0.05, 0.1) is 6.54 Å². The van der Waals surface area contributed by atoms with Crippen molar-refractivity contribution < 1.29 is 18.7 Å². The summed E-state index contributed by atoms with van der Waals surface area (Å²) in [6, 6.07) is 8.23. The number of halogens is 1. The molecule has 1 aliphatic rings. The van der Waals surface area contributed by atoms with E-state index in [2.05, 4.69) is 9.97 Å². The summed E-state index contributed by atoms with van der Waals surface area (Å²) in [6.07, 6.45) is 0.542. The number of para-hydroxylation sites is 1. The highest BCUT2D eigenvalue weighted by atomic mass is 19.1. The molecule has 1 saturated heterocycles. The number of aryl methyl sites for hydroxylation is 2. The van der Waals surface area contributed by atoms with E-state index in [-0.39, 0.29) is 24.4 Å². The highest BCUT2D eigenvalue weighted by Gasteiger charge is 2.28. The number of hydrogen-bond donors (Lipinski definition) is 0. The zero-order valence-electron chi connectivity index (χ0n) is 14.2. The second-order valence-corrected chi connectivity index (χ2v) is 6.02. The molecule has 132 valence electrons. The van der Waals surface area contributed by atoms with Gasteiger partial charge in [-0.3, -0.25) is 4.79 Å². The third kappa shape index (κ3) is 4.43. The fourth-order valence-corrected chi connectivity index (χ4v) is 2.74.